The van der Waals surface area contributed by atoms with Crippen molar-refractivity contribution in [2.75, 3.05) is 7.11 Å². The van der Waals surface area contributed by atoms with Gasteiger partial charge in [0.15, 0.2) is 10.5 Å². The maximum Gasteiger partial charge on any atom is 0.443 e. The number of allylic oxidation sites excluding steroid dienone is 2. The quantitative estimate of drug-likeness (QED) is 0.592. The summed E-state index contributed by atoms with van der Waals surface area (Å²) in [5.74, 6) is -2.15. The SMILES string of the molecule is COC1=CC(=O)[C@@](SC(F)(F)F)(C(=O)OC(C)(C)C)C1. The first-order chi connectivity index (χ1) is 8.89. The average Bonchev–Trinajstić information content (AvgIpc) is 2.52. The molecule has 20 heavy (non-hydrogen) atoms. The van der Waals surface area contributed by atoms with E-state index < -0.39 is 45.8 Å². The lowest BCUT2D eigenvalue weighted by Crippen LogP contribution is -2.46. The summed E-state index contributed by atoms with van der Waals surface area (Å²) < 4.78 is 45.5. The van der Waals surface area contributed by atoms with Crippen molar-refractivity contribution < 1.29 is 32.2 Å². The minimum Gasteiger partial charge on any atom is -0.501 e. The van der Waals surface area contributed by atoms with E-state index in [1.54, 1.807) is 0 Å². The van der Waals surface area contributed by atoms with Crippen LogP contribution in [-0.4, -0.2) is 34.7 Å². The molecule has 0 amide bonds. The van der Waals surface area contributed by atoms with Crippen LogP contribution in [0.1, 0.15) is 27.2 Å². The lowest BCUT2D eigenvalue weighted by Gasteiger charge is -2.29. The number of alkyl halides is 3. The minimum absolute atomic E-state index is 0.0256. The molecular formula is C12H15F3O4S. The maximum atomic E-state index is 12.7. The highest BCUT2D eigenvalue weighted by Crippen LogP contribution is 2.48. The molecule has 4 nitrogen and oxygen atoms in total. The normalized spacial score (nSPS) is 23.6. The van der Waals surface area contributed by atoms with Gasteiger partial charge in [0.05, 0.1) is 7.11 Å². The van der Waals surface area contributed by atoms with Gasteiger partial charge in [0, 0.05) is 12.5 Å². The van der Waals surface area contributed by atoms with Gasteiger partial charge in [-0.2, -0.15) is 13.2 Å². The molecule has 1 atom stereocenters. The van der Waals surface area contributed by atoms with Crippen molar-refractivity contribution in [3.63, 3.8) is 0 Å². The Hall–Kier alpha value is -1.18. The first-order valence-electron chi connectivity index (χ1n) is 5.69. The molecule has 8 heteroatoms. The van der Waals surface area contributed by atoms with E-state index in [1.165, 1.54) is 27.9 Å². The van der Waals surface area contributed by atoms with Crippen molar-refractivity contribution in [3.05, 3.63) is 11.8 Å². The predicted molar refractivity (Wildman–Crippen MR) is 66.9 cm³/mol. The van der Waals surface area contributed by atoms with E-state index in [4.69, 9.17) is 9.47 Å². The van der Waals surface area contributed by atoms with E-state index >= 15 is 0 Å². The van der Waals surface area contributed by atoms with Crippen LogP contribution in [0.4, 0.5) is 13.2 Å². The van der Waals surface area contributed by atoms with Crippen LogP contribution in [0.5, 0.6) is 0 Å². The van der Waals surface area contributed by atoms with Crippen LogP contribution < -0.4 is 0 Å². The number of methoxy groups -OCH3 is 1. The zero-order valence-corrected chi connectivity index (χ0v) is 12.3. The molecular weight excluding hydrogens is 297 g/mol. The summed E-state index contributed by atoms with van der Waals surface area (Å²) in [5.41, 5.74) is -5.74. The van der Waals surface area contributed by atoms with Gasteiger partial charge in [-0.05, 0) is 32.5 Å². The van der Waals surface area contributed by atoms with Gasteiger partial charge in [-0.15, -0.1) is 0 Å². The zero-order valence-electron chi connectivity index (χ0n) is 11.5. The third-order valence-electron chi connectivity index (χ3n) is 2.39. The Balaban J connectivity index is 3.11. The van der Waals surface area contributed by atoms with Crippen molar-refractivity contribution in [2.45, 2.75) is 43.0 Å². The van der Waals surface area contributed by atoms with Crippen molar-refractivity contribution in [1.82, 2.24) is 0 Å². The average molecular weight is 312 g/mol. The number of rotatable bonds is 3. The maximum absolute atomic E-state index is 12.7. The lowest BCUT2D eigenvalue weighted by atomic mass is 10.0. The van der Waals surface area contributed by atoms with E-state index in [1.807, 2.05) is 0 Å². The number of halogens is 3. The Kier molecular flexibility index (Phi) is 4.48. The highest BCUT2D eigenvalue weighted by Gasteiger charge is 2.58. The van der Waals surface area contributed by atoms with E-state index in [9.17, 15) is 22.8 Å². The van der Waals surface area contributed by atoms with Gasteiger partial charge in [0.25, 0.3) is 0 Å². The first-order valence-corrected chi connectivity index (χ1v) is 6.51. The van der Waals surface area contributed by atoms with Gasteiger partial charge in [-0.25, -0.2) is 0 Å². The van der Waals surface area contributed by atoms with Crippen molar-refractivity contribution in [3.8, 4) is 0 Å². The molecule has 0 aliphatic heterocycles. The fourth-order valence-electron chi connectivity index (χ4n) is 1.64. The van der Waals surface area contributed by atoms with Crippen LogP contribution in [-0.2, 0) is 19.1 Å². The topological polar surface area (TPSA) is 52.6 Å². The molecule has 0 aromatic heterocycles. The number of carbonyl (C=O) groups is 2. The molecule has 1 aliphatic rings. The molecule has 0 spiro atoms. The Labute approximate surface area is 118 Å². The van der Waals surface area contributed by atoms with Crippen LogP contribution in [0.15, 0.2) is 11.8 Å². The Morgan fingerprint density at radius 1 is 1.35 bits per heavy atom. The van der Waals surface area contributed by atoms with Gasteiger partial charge in [0.1, 0.15) is 11.4 Å². The summed E-state index contributed by atoms with van der Waals surface area (Å²) in [7, 11) is 1.22. The third-order valence-corrected chi connectivity index (χ3v) is 3.49. The van der Waals surface area contributed by atoms with Crippen molar-refractivity contribution in [1.29, 1.82) is 0 Å². The highest BCUT2D eigenvalue weighted by atomic mass is 32.2. The molecule has 0 saturated heterocycles. The number of ketones is 1. The zero-order chi connectivity index (χ0) is 15.8. The van der Waals surface area contributed by atoms with Crippen molar-refractivity contribution in [2.24, 2.45) is 0 Å². The molecule has 0 unspecified atom stereocenters. The summed E-state index contributed by atoms with van der Waals surface area (Å²) in [6.45, 7) is 4.54. The summed E-state index contributed by atoms with van der Waals surface area (Å²) in [6.07, 6.45) is 0.435. The fraction of sp³-hybridized carbons (Fsp3) is 0.667. The van der Waals surface area contributed by atoms with Gasteiger partial charge in [-0.3, -0.25) is 9.59 Å². The fourth-order valence-corrected chi connectivity index (χ4v) is 2.53. The summed E-state index contributed by atoms with van der Waals surface area (Å²) >= 11 is -0.668. The summed E-state index contributed by atoms with van der Waals surface area (Å²) in [6, 6.07) is 0. The van der Waals surface area contributed by atoms with E-state index in [0.29, 0.717) is 0 Å². The first kappa shape index (κ1) is 16.9. The molecule has 0 N–H and O–H groups in total. The van der Waals surface area contributed by atoms with Gasteiger partial charge >= 0.3 is 11.5 Å². The number of thioether (sulfide) groups is 1. The molecule has 1 aliphatic carbocycles. The Morgan fingerprint density at radius 3 is 2.25 bits per heavy atom. The smallest absolute Gasteiger partial charge is 0.443 e. The van der Waals surface area contributed by atoms with Gasteiger partial charge < -0.3 is 9.47 Å². The molecule has 0 aromatic carbocycles. The number of hydrogen-bond acceptors (Lipinski definition) is 5. The van der Waals surface area contributed by atoms with Crippen molar-refractivity contribution >= 4 is 23.5 Å². The van der Waals surface area contributed by atoms with Crippen LogP contribution in [0.2, 0.25) is 0 Å². The van der Waals surface area contributed by atoms with Gasteiger partial charge in [-0.1, -0.05) is 0 Å². The second-order valence-corrected chi connectivity index (χ2v) is 6.60. The second kappa shape index (κ2) is 5.31. The second-order valence-electron chi connectivity index (χ2n) is 5.23. The highest BCUT2D eigenvalue weighted by molar-refractivity contribution is 8.03. The monoisotopic (exact) mass is 312 g/mol. The number of esters is 1. The van der Waals surface area contributed by atoms with Crippen LogP contribution in [0, 0.1) is 0 Å². The summed E-state index contributed by atoms with van der Waals surface area (Å²) in [4.78, 5) is 24.0. The van der Waals surface area contributed by atoms with E-state index in [-0.39, 0.29) is 5.76 Å². The number of ether oxygens (including phenoxy) is 2. The number of hydrogen-bond donors (Lipinski definition) is 0. The largest absolute Gasteiger partial charge is 0.501 e. The van der Waals surface area contributed by atoms with Crippen LogP contribution >= 0.6 is 11.8 Å². The molecule has 0 saturated carbocycles. The van der Waals surface area contributed by atoms with E-state index in [2.05, 4.69) is 0 Å². The molecule has 114 valence electrons. The third kappa shape index (κ3) is 3.91. The van der Waals surface area contributed by atoms with Crippen LogP contribution in [0.25, 0.3) is 0 Å². The minimum atomic E-state index is -4.75. The molecule has 0 aromatic rings. The molecule has 0 radical (unpaired) electrons. The lowest BCUT2D eigenvalue weighted by molar-refractivity contribution is -0.159. The molecule has 0 bridgehead atoms. The Bertz CT molecular complexity index is 451. The molecule has 0 heterocycles. The summed E-state index contributed by atoms with van der Waals surface area (Å²) in [5, 5.41) is 0. The van der Waals surface area contributed by atoms with E-state index in [0.717, 1.165) is 6.08 Å². The standard InChI is InChI=1S/C12H15F3O4S/c1-10(2,3)19-9(17)11(20-12(13,14)15)6-7(18-4)5-8(11)16/h5H,6H2,1-4H3/t11-/m1/s1. The van der Waals surface area contributed by atoms with Crippen LogP contribution in [0.3, 0.4) is 0 Å². The predicted octanol–water partition coefficient (Wildman–Crippen LogP) is 2.82. The molecule has 0 fully saturated rings. The Morgan fingerprint density at radius 2 is 1.90 bits per heavy atom. The van der Waals surface area contributed by atoms with Gasteiger partial charge in [0.2, 0.25) is 0 Å². The number of carbonyl (C=O) groups excluding carboxylic acids is 2. The molecule has 1 rings (SSSR count).